The summed E-state index contributed by atoms with van der Waals surface area (Å²) in [4.78, 5) is 16.5. The van der Waals surface area contributed by atoms with Crippen LogP contribution in [0.5, 0.6) is 5.75 Å². The molecule has 144 valence electrons. The zero-order chi connectivity index (χ0) is 19.5. The van der Waals surface area contributed by atoms with Crippen molar-refractivity contribution >= 4 is 28.1 Å². The normalized spacial score (nSPS) is 14.7. The van der Waals surface area contributed by atoms with Crippen LogP contribution in [-0.2, 0) is 0 Å². The molecule has 0 saturated heterocycles. The number of hydrogen-bond acceptors (Lipinski definition) is 5. The van der Waals surface area contributed by atoms with Crippen LogP contribution in [-0.4, -0.2) is 16.0 Å². The summed E-state index contributed by atoms with van der Waals surface area (Å²) in [5.74, 6) is 0.240. The van der Waals surface area contributed by atoms with Crippen LogP contribution in [0.2, 0.25) is 0 Å². The van der Waals surface area contributed by atoms with Gasteiger partial charge in [0.1, 0.15) is 5.75 Å². The standard InChI is InChI=1S/C22H23N3O2S/c23-21(27)18-10-9-16(12-19(18)14-5-2-1-3-6-14)24-22-25-20(13-28-22)15-7-4-8-17(26)11-15/h4,7-14,26H,1-3,5-6H2,(H2,23,27)(H,24,25). The largest absolute Gasteiger partial charge is 0.508 e. The van der Waals surface area contributed by atoms with Crippen molar-refractivity contribution in [3.63, 3.8) is 0 Å². The number of thiazole rings is 1. The zero-order valence-electron chi connectivity index (χ0n) is 15.5. The number of carbonyl (C=O) groups is 1. The highest BCUT2D eigenvalue weighted by Crippen LogP contribution is 2.36. The van der Waals surface area contributed by atoms with Gasteiger partial charge in [0.2, 0.25) is 5.91 Å². The lowest BCUT2D eigenvalue weighted by Gasteiger charge is -2.24. The molecule has 0 unspecified atom stereocenters. The van der Waals surface area contributed by atoms with E-state index in [0.717, 1.165) is 40.5 Å². The fourth-order valence-corrected chi connectivity index (χ4v) is 4.61. The number of phenols is 1. The number of rotatable bonds is 5. The third-order valence-corrected chi connectivity index (χ3v) is 6.02. The second kappa shape index (κ2) is 8.02. The Kier molecular flexibility index (Phi) is 5.30. The van der Waals surface area contributed by atoms with Gasteiger partial charge in [-0.1, -0.05) is 31.4 Å². The number of benzene rings is 2. The summed E-state index contributed by atoms with van der Waals surface area (Å²) in [5.41, 5.74) is 9.87. The topological polar surface area (TPSA) is 88.2 Å². The Hall–Kier alpha value is -2.86. The average molecular weight is 394 g/mol. The van der Waals surface area contributed by atoms with E-state index in [1.807, 2.05) is 29.6 Å². The first kappa shape index (κ1) is 18.5. The molecule has 3 aromatic rings. The lowest BCUT2D eigenvalue weighted by atomic mass is 9.82. The number of aromatic hydroxyl groups is 1. The van der Waals surface area contributed by atoms with E-state index in [4.69, 9.17) is 5.73 Å². The number of carbonyl (C=O) groups excluding carboxylic acids is 1. The minimum Gasteiger partial charge on any atom is -0.508 e. The zero-order valence-corrected chi connectivity index (χ0v) is 16.3. The van der Waals surface area contributed by atoms with Crippen LogP contribution in [0.3, 0.4) is 0 Å². The van der Waals surface area contributed by atoms with Gasteiger partial charge in [-0.05, 0) is 54.7 Å². The highest BCUT2D eigenvalue weighted by molar-refractivity contribution is 7.14. The maximum atomic E-state index is 11.9. The van der Waals surface area contributed by atoms with Gasteiger partial charge in [0.05, 0.1) is 5.69 Å². The number of amides is 1. The molecule has 0 aliphatic heterocycles. The molecule has 1 aliphatic carbocycles. The van der Waals surface area contributed by atoms with E-state index in [9.17, 15) is 9.90 Å². The second-order valence-electron chi connectivity index (χ2n) is 7.21. The van der Waals surface area contributed by atoms with Gasteiger partial charge < -0.3 is 16.2 Å². The fraction of sp³-hybridized carbons (Fsp3) is 0.273. The minimum absolute atomic E-state index is 0.221. The van der Waals surface area contributed by atoms with Crippen molar-refractivity contribution in [1.29, 1.82) is 0 Å². The third kappa shape index (κ3) is 4.02. The Morgan fingerprint density at radius 2 is 1.96 bits per heavy atom. The first-order chi connectivity index (χ1) is 13.6. The number of nitrogens with two attached hydrogens (primary N) is 1. The number of nitrogens with one attached hydrogen (secondary N) is 1. The molecule has 4 N–H and O–H groups in total. The van der Waals surface area contributed by atoms with Gasteiger partial charge in [-0.15, -0.1) is 11.3 Å². The molecule has 1 aliphatic rings. The van der Waals surface area contributed by atoms with Crippen LogP contribution in [0, 0.1) is 0 Å². The molecule has 1 aromatic heterocycles. The summed E-state index contributed by atoms with van der Waals surface area (Å²) in [6.07, 6.45) is 5.85. The molecule has 6 heteroatoms. The molecule has 0 radical (unpaired) electrons. The van der Waals surface area contributed by atoms with E-state index >= 15 is 0 Å². The Morgan fingerprint density at radius 3 is 2.71 bits per heavy atom. The van der Waals surface area contributed by atoms with E-state index in [-0.39, 0.29) is 11.7 Å². The number of aromatic nitrogens is 1. The van der Waals surface area contributed by atoms with Gasteiger partial charge in [-0.3, -0.25) is 4.79 Å². The van der Waals surface area contributed by atoms with Crippen molar-refractivity contribution < 1.29 is 9.90 Å². The molecule has 1 amide bonds. The number of anilines is 2. The summed E-state index contributed by atoms with van der Waals surface area (Å²) in [6.45, 7) is 0. The molecule has 2 aromatic carbocycles. The molecular weight excluding hydrogens is 370 g/mol. The predicted octanol–water partition coefficient (Wildman–Crippen LogP) is 5.41. The third-order valence-electron chi connectivity index (χ3n) is 5.26. The summed E-state index contributed by atoms with van der Waals surface area (Å²) in [5, 5.41) is 15.7. The van der Waals surface area contributed by atoms with Crippen molar-refractivity contribution in [2.45, 2.75) is 38.0 Å². The molecule has 0 bridgehead atoms. The molecular formula is C22H23N3O2S. The van der Waals surface area contributed by atoms with Gasteiger partial charge in [0.15, 0.2) is 5.13 Å². The molecule has 1 fully saturated rings. The van der Waals surface area contributed by atoms with E-state index in [1.165, 1.54) is 30.6 Å². The predicted molar refractivity (Wildman–Crippen MR) is 113 cm³/mol. The smallest absolute Gasteiger partial charge is 0.248 e. The molecule has 28 heavy (non-hydrogen) atoms. The van der Waals surface area contributed by atoms with Crippen molar-refractivity contribution in [3.05, 3.63) is 59.0 Å². The number of primary amides is 1. The molecule has 1 heterocycles. The summed E-state index contributed by atoms with van der Waals surface area (Å²) < 4.78 is 0. The Labute approximate surface area is 168 Å². The van der Waals surface area contributed by atoms with Crippen LogP contribution in [0.1, 0.15) is 53.9 Å². The first-order valence-electron chi connectivity index (χ1n) is 9.56. The lowest BCUT2D eigenvalue weighted by Crippen LogP contribution is -2.17. The van der Waals surface area contributed by atoms with Gasteiger partial charge in [0, 0.05) is 22.2 Å². The summed E-state index contributed by atoms with van der Waals surface area (Å²) in [6, 6.07) is 12.8. The summed E-state index contributed by atoms with van der Waals surface area (Å²) in [7, 11) is 0. The highest BCUT2D eigenvalue weighted by atomic mass is 32.1. The van der Waals surface area contributed by atoms with Crippen LogP contribution >= 0.6 is 11.3 Å². The van der Waals surface area contributed by atoms with Gasteiger partial charge >= 0.3 is 0 Å². The molecule has 5 nitrogen and oxygen atoms in total. The Balaban J connectivity index is 1.59. The number of nitrogens with zero attached hydrogens (tertiary/aromatic N) is 1. The van der Waals surface area contributed by atoms with Gasteiger partial charge in [0.25, 0.3) is 0 Å². The van der Waals surface area contributed by atoms with E-state index in [1.54, 1.807) is 18.2 Å². The fourth-order valence-electron chi connectivity index (χ4n) is 3.87. The maximum absolute atomic E-state index is 11.9. The summed E-state index contributed by atoms with van der Waals surface area (Å²) >= 11 is 1.50. The Morgan fingerprint density at radius 1 is 1.14 bits per heavy atom. The SMILES string of the molecule is NC(=O)c1ccc(Nc2nc(-c3cccc(O)c3)cs2)cc1C1CCCCC1. The number of hydrogen-bond donors (Lipinski definition) is 3. The first-order valence-corrected chi connectivity index (χ1v) is 10.4. The van der Waals surface area contributed by atoms with E-state index < -0.39 is 0 Å². The number of phenolic OH excluding ortho intramolecular Hbond substituents is 1. The average Bonchev–Trinajstić information content (AvgIpc) is 3.17. The van der Waals surface area contributed by atoms with Crippen LogP contribution in [0.15, 0.2) is 47.8 Å². The van der Waals surface area contributed by atoms with E-state index in [2.05, 4.69) is 10.3 Å². The van der Waals surface area contributed by atoms with Crippen LogP contribution in [0.4, 0.5) is 10.8 Å². The van der Waals surface area contributed by atoms with E-state index in [0.29, 0.717) is 11.5 Å². The molecule has 0 atom stereocenters. The monoisotopic (exact) mass is 393 g/mol. The minimum atomic E-state index is -0.368. The second-order valence-corrected chi connectivity index (χ2v) is 8.07. The van der Waals surface area contributed by atoms with Crippen molar-refractivity contribution in [1.82, 2.24) is 4.98 Å². The molecule has 4 rings (SSSR count). The quantitative estimate of drug-likeness (QED) is 0.541. The van der Waals surface area contributed by atoms with Crippen LogP contribution < -0.4 is 11.1 Å². The van der Waals surface area contributed by atoms with Gasteiger partial charge in [-0.2, -0.15) is 0 Å². The van der Waals surface area contributed by atoms with Crippen LogP contribution in [0.25, 0.3) is 11.3 Å². The van der Waals surface area contributed by atoms with Crippen molar-refractivity contribution in [3.8, 4) is 17.0 Å². The highest BCUT2D eigenvalue weighted by Gasteiger charge is 2.21. The lowest BCUT2D eigenvalue weighted by molar-refractivity contribution is 0.0998. The maximum Gasteiger partial charge on any atom is 0.248 e. The molecule has 0 spiro atoms. The van der Waals surface area contributed by atoms with Crippen molar-refractivity contribution in [2.24, 2.45) is 5.73 Å². The van der Waals surface area contributed by atoms with Crippen molar-refractivity contribution in [2.75, 3.05) is 5.32 Å². The Bertz CT molecular complexity index is 993. The molecule has 1 saturated carbocycles. The van der Waals surface area contributed by atoms with Gasteiger partial charge in [-0.25, -0.2) is 4.98 Å².